The van der Waals surface area contributed by atoms with Crippen LogP contribution in [0.4, 0.5) is 22.4 Å². The number of amides is 2. The first-order chi connectivity index (χ1) is 11.8. The van der Waals surface area contributed by atoms with E-state index in [4.69, 9.17) is 0 Å². The van der Waals surface area contributed by atoms with E-state index >= 15 is 0 Å². The van der Waals surface area contributed by atoms with Gasteiger partial charge < -0.3 is 10.0 Å². The molecule has 0 aromatic carbocycles. The third-order valence-corrected chi connectivity index (χ3v) is 5.66. The first kappa shape index (κ1) is 18.1. The first-order valence-corrected chi connectivity index (χ1v) is 8.88. The van der Waals surface area contributed by atoms with Gasteiger partial charge in [0.25, 0.3) is 0 Å². The molecule has 0 unspecified atom stereocenters. The predicted octanol–water partition coefficient (Wildman–Crippen LogP) is 3.18. The number of rotatable bonds is 2. The number of carbonyl (C=O) groups is 1. The topological polar surface area (TPSA) is 57.8 Å². The molecule has 2 aromatic rings. The van der Waals surface area contributed by atoms with Gasteiger partial charge in [-0.05, 0) is 18.6 Å². The molecule has 2 aromatic heterocycles. The number of alkyl halides is 4. The highest BCUT2D eigenvalue weighted by atomic mass is 32.1. The lowest BCUT2D eigenvalue weighted by molar-refractivity contribution is -0.134. The molecule has 0 radical (unpaired) electrons. The number of hydrogen-bond donors (Lipinski definition) is 1. The smallest absolute Gasteiger partial charge is 0.391 e. The van der Waals surface area contributed by atoms with Crippen LogP contribution in [0.25, 0.3) is 5.00 Å². The molecule has 1 aliphatic rings. The largest absolute Gasteiger partial charge is 0.425 e. The molecule has 1 fully saturated rings. The van der Waals surface area contributed by atoms with Crippen LogP contribution < -0.4 is 4.80 Å². The summed E-state index contributed by atoms with van der Waals surface area (Å²) < 4.78 is 52.9. The predicted molar refractivity (Wildman–Crippen MR) is 84.5 cm³/mol. The SMILES string of the molecule is O=C(N=c1sc(CO)cn1-c1ccc(C(F)(F)F)s1)N1CC[C@@H](F)C1. The monoisotopic (exact) mass is 395 g/mol. The van der Waals surface area contributed by atoms with Gasteiger partial charge in [-0.2, -0.15) is 18.2 Å². The average Bonchev–Trinajstić information content (AvgIpc) is 3.24. The van der Waals surface area contributed by atoms with E-state index in [0.717, 1.165) is 17.4 Å². The molecule has 25 heavy (non-hydrogen) atoms. The molecular weight excluding hydrogens is 382 g/mol. The van der Waals surface area contributed by atoms with Crippen molar-refractivity contribution in [3.05, 3.63) is 32.9 Å². The second kappa shape index (κ2) is 6.89. The molecule has 1 saturated heterocycles. The summed E-state index contributed by atoms with van der Waals surface area (Å²) in [6.07, 6.45) is -3.87. The molecule has 11 heteroatoms. The molecule has 0 aliphatic carbocycles. The lowest BCUT2D eigenvalue weighted by Gasteiger charge is -2.10. The lowest BCUT2D eigenvalue weighted by atomic mass is 10.3. The van der Waals surface area contributed by atoms with Gasteiger partial charge in [0.05, 0.1) is 18.0 Å². The Morgan fingerprint density at radius 2 is 2.12 bits per heavy atom. The van der Waals surface area contributed by atoms with Crippen LogP contribution in [0.5, 0.6) is 0 Å². The fraction of sp³-hybridized carbons (Fsp3) is 0.429. The summed E-state index contributed by atoms with van der Waals surface area (Å²) in [6, 6.07) is 1.58. The van der Waals surface area contributed by atoms with E-state index in [9.17, 15) is 27.5 Å². The van der Waals surface area contributed by atoms with E-state index in [0.29, 0.717) is 16.2 Å². The Labute approximate surface area is 147 Å². The van der Waals surface area contributed by atoms with Gasteiger partial charge in [0.1, 0.15) is 16.0 Å². The number of aromatic nitrogens is 1. The van der Waals surface area contributed by atoms with Crippen LogP contribution >= 0.6 is 22.7 Å². The minimum Gasteiger partial charge on any atom is -0.391 e. The first-order valence-electron chi connectivity index (χ1n) is 7.25. The Balaban J connectivity index is 1.97. The van der Waals surface area contributed by atoms with Crippen LogP contribution in [0.2, 0.25) is 0 Å². The van der Waals surface area contributed by atoms with Crippen LogP contribution in [-0.2, 0) is 12.8 Å². The van der Waals surface area contributed by atoms with E-state index < -0.39 is 23.3 Å². The number of thiophene rings is 1. The Morgan fingerprint density at radius 1 is 1.36 bits per heavy atom. The fourth-order valence-corrected chi connectivity index (χ4v) is 4.09. The standard InChI is InChI=1S/C14H13F4N3O2S2/c15-8-3-4-20(5-8)12(23)19-13-21(6-9(7-22)24-13)11-2-1-10(25-11)14(16,17)18/h1-2,6,8,22H,3-5,7H2/t8-/m1/s1. The number of aliphatic hydroxyl groups excluding tert-OH is 1. The van der Waals surface area contributed by atoms with Crippen LogP contribution in [-0.4, -0.2) is 39.9 Å². The van der Waals surface area contributed by atoms with Gasteiger partial charge in [0.2, 0.25) is 0 Å². The van der Waals surface area contributed by atoms with Gasteiger partial charge in [-0.1, -0.05) is 11.3 Å². The summed E-state index contributed by atoms with van der Waals surface area (Å²) in [6.45, 7) is -0.126. The van der Waals surface area contributed by atoms with Gasteiger partial charge in [-0.25, -0.2) is 9.18 Å². The molecule has 5 nitrogen and oxygen atoms in total. The van der Waals surface area contributed by atoms with Gasteiger partial charge in [-0.3, -0.25) is 4.57 Å². The maximum atomic E-state index is 13.2. The van der Waals surface area contributed by atoms with E-state index in [2.05, 4.69) is 4.99 Å². The Kier molecular flexibility index (Phi) is 4.98. The minimum absolute atomic E-state index is 0.0439. The second-order valence-electron chi connectivity index (χ2n) is 5.37. The van der Waals surface area contributed by atoms with E-state index in [1.807, 2.05) is 0 Å². The quantitative estimate of drug-likeness (QED) is 0.794. The normalized spacial score (nSPS) is 19.0. The van der Waals surface area contributed by atoms with E-state index in [-0.39, 0.29) is 35.9 Å². The van der Waals surface area contributed by atoms with E-state index in [1.54, 1.807) is 0 Å². The summed E-state index contributed by atoms with van der Waals surface area (Å²) in [5, 5.41) is 9.49. The number of carbonyl (C=O) groups excluding carboxylic acids is 1. The van der Waals surface area contributed by atoms with Crippen molar-refractivity contribution >= 4 is 28.7 Å². The maximum absolute atomic E-state index is 13.2. The van der Waals surface area contributed by atoms with Crippen LogP contribution in [0.15, 0.2) is 23.3 Å². The summed E-state index contributed by atoms with van der Waals surface area (Å²) in [5.74, 6) is 0. The zero-order chi connectivity index (χ0) is 18.2. The summed E-state index contributed by atoms with van der Waals surface area (Å²) in [7, 11) is 0. The van der Waals surface area contributed by atoms with Crippen molar-refractivity contribution in [1.29, 1.82) is 0 Å². The van der Waals surface area contributed by atoms with Gasteiger partial charge in [0.15, 0.2) is 4.80 Å². The van der Waals surface area contributed by atoms with Crippen LogP contribution in [0.3, 0.4) is 0 Å². The van der Waals surface area contributed by atoms with Crippen molar-refractivity contribution in [3.63, 3.8) is 0 Å². The lowest BCUT2D eigenvalue weighted by Crippen LogP contribution is -2.28. The summed E-state index contributed by atoms with van der Waals surface area (Å²) in [4.78, 5) is 17.1. The number of aliphatic hydroxyl groups is 1. The third-order valence-electron chi connectivity index (χ3n) is 3.56. The van der Waals surface area contributed by atoms with Gasteiger partial charge in [-0.15, -0.1) is 11.3 Å². The number of hydrogen-bond acceptors (Lipinski definition) is 4. The second-order valence-corrected chi connectivity index (χ2v) is 7.53. The highest BCUT2D eigenvalue weighted by molar-refractivity contribution is 7.15. The molecule has 1 aliphatic heterocycles. The summed E-state index contributed by atoms with van der Waals surface area (Å²) in [5.41, 5.74) is 0. The Bertz CT molecular complexity index is 840. The number of halogens is 4. The zero-order valence-electron chi connectivity index (χ0n) is 12.7. The van der Waals surface area contributed by atoms with Crippen molar-refractivity contribution in [2.24, 2.45) is 4.99 Å². The minimum atomic E-state index is -4.46. The number of likely N-dealkylation sites (tertiary alicyclic amines) is 1. The molecule has 136 valence electrons. The molecule has 1 N–H and O–H groups in total. The molecule has 0 bridgehead atoms. The summed E-state index contributed by atoms with van der Waals surface area (Å²) >= 11 is 1.50. The average molecular weight is 395 g/mol. The van der Waals surface area contributed by atoms with Crippen molar-refractivity contribution < 1.29 is 27.5 Å². The van der Waals surface area contributed by atoms with Crippen molar-refractivity contribution in [2.45, 2.75) is 25.4 Å². The molecule has 0 saturated carbocycles. The van der Waals surface area contributed by atoms with Crippen molar-refractivity contribution in [2.75, 3.05) is 13.1 Å². The van der Waals surface area contributed by atoms with Crippen LogP contribution in [0, 0.1) is 0 Å². The number of nitrogens with zero attached hydrogens (tertiary/aromatic N) is 3. The Hall–Kier alpha value is -1.72. The maximum Gasteiger partial charge on any atom is 0.425 e. The molecule has 2 amide bonds. The third kappa shape index (κ3) is 3.93. The fourth-order valence-electron chi connectivity index (χ4n) is 2.35. The van der Waals surface area contributed by atoms with Crippen LogP contribution in [0.1, 0.15) is 16.2 Å². The highest BCUT2D eigenvalue weighted by Crippen LogP contribution is 2.35. The molecule has 3 rings (SSSR count). The highest BCUT2D eigenvalue weighted by Gasteiger charge is 2.32. The van der Waals surface area contributed by atoms with Gasteiger partial charge in [0, 0.05) is 12.7 Å². The van der Waals surface area contributed by atoms with Gasteiger partial charge >= 0.3 is 12.2 Å². The number of urea groups is 1. The van der Waals surface area contributed by atoms with E-state index in [1.165, 1.54) is 21.7 Å². The molecule has 3 heterocycles. The molecule has 1 atom stereocenters. The van der Waals surface area contributed by atoms with Crippen molar-refractivity contribution in [1.82, 2.24) is 9.47 Å². The number of thiazole rings is 1. The molecule has 0 spiro atoms. The Morgan fingerprint density at radius 3 is 2.68 bits per heavy atom. The molecular formula is C14H13F4N3O2S2. The van der Waals surface area contributed by atoms with Crippen molar-refractivity contribution in [3.8, 4) is 5.00 Å². The zero-order valence-corrected chi connectivity index (χ0v) is 14.3.